The Labute approximate surface area is 197 Å². The van der Waals surface area contributed by atoms with Gasteiger partial charge in [0.1, 0.15) is 30.0 Å². The zero-order chi connectivity index (χ0) is 23.9. The van der Waals surface area contributed by atoms with E-state index >= 15 is 0 Å². The quantitative estimate of drug-likeness (QED) is 0.398. The molecule has 0 fully saturated rings. The van der Waals surface area contributed by atoms with Crippen LogP contribution in [0.3, 0.4) is 0 Å². The topological polar surface area (TPSA) is 124 Å². The first-order chi connectivity index (χ1) is 16.5. The van der Waals surface area contributed by atoms with Gasteiger partial charge in [-0.2, -0.15) is 5.26 Å². The molecule has 10 nitrogen and oxygen atoms in total. The summed E-state index contributed by atoms with van der Waals surface area (Å²) in [7, 11) is 0. The predicted molar refractivity (Wildman–Crippen MR) is 126 cm³/mol. The predicted octanol–water partition coefficient (Wildman–Crippen LogP) is 4.00. The van der Waals surface area contributed by atoms with Gasteiger partial charge in [-0.05, 0) is 61.0 Å². The molecule has 1 N–H and O–H groups in total. The molecule has 4 rings (SSSR count). The average Bonchev–Trinajstić information content (AvgIpc) is 3.33. The van der Waals surface area contributed by atoms with Gasteiger partial charge >= 0.3 is 0 Å². The lowest BCUT2D eigenvalue weighted by molar-refractivity contribution is 0.192. The molecule has 2 aromatic carbocycles. The van der Waals surface area contributed by atoms with Gasteiger partial charge in [0.05, 0.1) is 23.9 Å². The van der Waals surface area contributed by atoms with Crippen LogP contribution in [0.5, 0.6) is 11.5 Å². The van der Waals surface area contributed by atoms with E-state index in [1.807, 2.05) is 57.2 Å². The van der Waals surface area contributed by atoms with E-state index in [-0.39, 0.29) is 12.2 Å². The van der Waals surface area contributed by atoms with Crippen LogP contribution < -0.4 is 14.8 Å². The van der Waals surface area contributed by atoms with Crippen molar-refractivity contribution in [1.82, 2.24) is 30.2 Å². The summed E-state index contributed by atoms with van der Waals surface area (Å²) in [5.74, 6) is 1.65. The van der Waals surface area contributed by atoms with Gasteiger partial charge in [-0.15, -0.1) is 5.10 Å². The molecule has 172 valence electrons. The Balaban J connectivity index is 1.50. The molecular formula is C24H24N8O2. The van der Waals surface area contributed by atoms with E-state index in [0.29, 0.717) is 23.8 Å². The number of benzene rings is 2. The maximum absolute atomic E-state index is 9.49. The average molecular weight is 457 g/mol. The molecule has 0 bridgehead atoms. The van der Waals surface area contributed by atoms with Crippen molar-refractivity contribution in [3.63, 3.8) is 0 Å². The number of aromatic nitrogens is 6. The number of hydrogen-bond donors (Lipinski definition) is 1. The lowest BCUT2D eigenvalue weighted by atomic mass is 10.1. The van der Waals surface area contributed by atoms with Crippen LogP contribution in [-0.4, -0.2) is 42.4 Å². The minimum Gasteiger partial charge on any atom is -0.489 e. The van der Waals surface area contributed by atoms with Crippen LogP contribution in [0.2, 0.25) is 0 Å². The van der Waals surface area contributed by atoms with Crippen molar-refractivity contribution in [1.29, 1.82) is 5.26 Å². The SMILES string of the molecule is CC(C)Oc1ccccc1Nc1ncc(-c2ccc(C#N)c(O[C@H](C)Cn3cnnn3)c2)cn1. The fourth-order valence-corrected chi connectivity index (χ4v) is 3.26. The third kappa shape index (κ3) is 5.63. The lowest BCUT2D eigenvalue weighted by Crippen LogP contribution is -2.20. The summed E-state index contributed by atoms with van der Waals surface area (Å²) < 4.78 is 13.4. The zero-order valence-electron chi connectivity index (χ0n) is 19.1. The Kier molecular flexibility index (Phi) is 6.93. The molecule has 0 aliphatic carbocycles. The van der Waals surface area contributed by atoms with E-state index in [4.69, 9.17) is 9.47 Å². The Hall–Kier alpha value is -4.52. The fraction of sp³-hybridized carbons (Fsp3) is 0.250. The highest BCUT2D eigenvalue weighted by molar-refractivity contribution is 5.67. The van der Waals surface area contributed by atoms with E-state index < -0.39 is 0 Å². The maximum atomic E-state index is 9.49. The van der Waals surface area contributed by atoms with E-state index in [1.165, 1.54) is 6.33 Å². The Bertz CT molecular complexity index is 1270. The van der Waals surface area contributed by atoms with Crippen LogP contribution >= 0.6 is 0 Å². The molecule has 4 aromatic rings. The van der Waals surface area contributed by atoms with Crippen LogP contribution in [0.1, 0.15) is 26.3 Å². The van der Waals surface area contributed by atoms with Crippen molar-refractivity contribution >= 4 is 11.6 Å². The van der Waals surface area contributed by atoms with Crippen molar-refractivity contribution in [3.05, 3.63) is 66.7 Å². The van der Waals surface area contributed by atoms with Crippen molar-refractivity contribution in [2.24, 2.45) is 0 Å². The maximum Gasteiger partial charge on any atom is 0.227 e. The Morgan fingerprint density at radius 2 is 1.79 bits per heavy atom. The number of nitrogens with one attached hydrogen (secondary N) is 1. The number of anilines is 2. The summed E-state index contributed by atoms with van der Waals surface area (Å²) in [5, 5.41) is 23.8. The molecule has 0 radical (unpaired) electrons. The van der Waals surface area contributed by atoms with E-state index in [1.54, 1.807) is 23.1 Å². The fourth-order valence-electron chi connectivity index (χ4n) is 3.26. The zero-order valence-corrected chi connectivity index (χ0v) is 19.1. The number of tetrazole rings is 1. The Morgan fingerprint density at radius 3 is 2.50 bits per heavy atom. The summed E-state index contributed by atoms with van der Waals surface area (Å²) in [5.41, 5.74) is 2.85. The highest BCUT2D eigenvalue weighted by Gasteiger charge is 2.13. The smallest absolute Gasteiger partial charge is 0.227 e. The molecule has 2 heterocycles. The van der Waals surface area contributed by atoms with Crippen LogP contribution in [0.4, 0.5) is 11.6 Å². The monoisotopic (exact) mass is 456 g/mol. The molecule has 34 heavy (non-hydrogen) atoms. The summed E-state index contributed by atoms with van der Waals surface area (Å²) in [4.78, 5) is 8.89. The standard InChI is InChI=1S/C24H24N8O2/c1-16(2)33-22-7-5-4-6-21(22)29-24-26-12-20(13-27-24)18-8-9-19(11-25)23(10-18)34-17(3)14-32-15-28-30-31-32/h4-10,12-13,15-17H,14H2,1-3H3,(H,26,27,29)/t17-/m1/s1. The summed E-state index contributed by atoms with van der Waals surface area (Å²) in [6, 6.07) is 15.2. The van der Waals surface area contributed by atoms with E-state index in [2.05, 4.69) is 36.9 Å². The van der Waals surface area contributed by atoms with E-state index in [9.17, 15) is 5.26 Å². The third-order valence-electron chi connectivity index (χ3n) is 4.75. The first-order valence-corrected chi connectivity index (χ1v) is 10.8. The minimum atomic E-state index is -0.248. The van der Waals surface area contributed by atoms with Gasteiger partial charge in [0.25, 0.3) is 0 Å². The van der Waals surface area contributed by atoms with E-state index in [0.717, 1.165) is 22.6 Å². The molecular weight excluding hydrogens is 432 g/mol. The molecule has 0 saturated heterocycles. The van der Waals surface area contributed by atoms with Gasteiger partial charge in [-0.25, -0.2) is 14.6 Å². The highest BCUT2D eigenvalue weighted by Crippen LogP contribution is 2.29. The van der Waals surface area contributed by atoms with Crippen molar-refractivity contribution in [2.75, 3.05) is 5.32 Å². The number of para-hydroxylation sites is 2. The largest absolute Gasteiger partial charge is 0.489 e. The number of nitriles is 1. The molecule has 0 amide bonds. The molecule has 0 aliphatic rings. The number of rotatable bonds is 9. The second-order valence-corrected chi connectivity index (χ2v) is 7.87. The summed E-state index contributed by atoms with van der Waals surface area (Å²) in [6.45, 7) is 6.29. The summed E-state index contributed by atoms with van der Waals surface area (Å²) >= 11 is 0. The van der Waals surface area contributed by atoms with Crippen LogP contribution in [0, 0.1) is 11.3 Å². The van der Waals surface area contributed by atoms with Gasteiger partial charge in [0, 0.05) is 18.0 Å². The highest BCUT2D eigenvalue weighted by atomic mass is 16.5. The molecule has 0 unspecified atom stereocenters. The first-order valence-electron chi connectivity index (χ1n) is 10.8. The molecule has 1 atom stereocenters. The van der Waals surface area contributed by atoms with Crippen molar-refractivity contribution in [2.45, 2.75) is 39.5 Å². The molecule has 0 spiro atoms. The van der Waals surface area contributed by atoms with Gasteiger partial charge < -0.3 is 14.8 Å². The number of hydrogen-bond acceptors (Lipinski definition) is 9. The van der Waals surface area contributed by atoms with Crippen LogP contribution in [-0.2, 0) is 6.54 Å². The second-order valence-electron chi connectivity index (χ2n) is 7.87. The second kappa shape index (κ2) is 10.4. The van der Waals surface area contributed by atoms with Gasteiger partial charge in [0.15, 0.2) is 0 Å². The van der Waals surface area contributed by atoms with Gasteiger partial charge in [0.2, 0.25) is 5.95 Å². The first kappa shape index (κ1) is 22.7. The normalized spacial score (nSPS) is 11.6. The molecule has 2 aromatic heterocycles. The van der Waals surface area contributed by atoms with Gasteiger partial charge in [-0.1, -0.05) is 18.2 Å². The lowest BCUT2D eigenvalue weighted by Gasteiger charge is -2.16. The van der Waals surface area contributed by atoms with Crippen LogP contribution in [0.25, 0.3) is 11.1 Å². The Morgan fingerprint density at radius 1 is 1.00 bits per heavy atom. The molecule has 0 saturated carbocycles. The minimum absolute atomic E-state index is 0.0506. The van der Waals surface area contributed by atoms with Gasteiger partial charge in [-0.3, -0.25) is 0 Å². The van der Waals surface area contributed by atoms with Crippen molar-refractivity contribution in [3.8, 4) is 28.7 Å². The third-order valence-corrected chi connectivity index (χ3v) is 4.75. The summed E-state index contributed by atoms with van der Waals surface area (Å²) in [6.07, 6.45) is 4.76. The number of nitrogens with zero attached hydrogens (tertiary/aromatic N) is 7. The molecule has 0 aliphatic heterocycles. The van der Waals surface area contributed by atoms with Crippen molar-refractivity contribution < 1.29 is 9.47 Å². The number of ether oxygens (including phenoxy) is 2. The molecule has 10 heteroatoms. The van der Waals surface area contributed by atoms with Crippen LogP contribution in [0.15, 0.2) is 61.2 Å².